The summed E-state index contributed by atoms with van der Waals surface area (Å²) in [6, 6.07) is 78.4. The van der Waals surface area contributed by atoms with E-state index in [9.17, 15) is 0 Å². The monoisotopic (exact) mass is 767 g/mol. The first kappa shape index (κ1) is 36.5. The van der Waals surface area contributed by atoms with Crippen LogP contribution in [0.1, 0.15) is 39.4 Å². The van der Waals surface area contributed by atoms with Crippen LogP contribution in [0.3, 0.4) is 0 Å². The predicted octanol–water partition coefficient (Wildman–Crippen LogP) is 14.9. The van der Waals surface area contributed by atoms with Crippen molar-refractivity contribution < 1.29 is 4.57 Å². The summed E-state index contributed by atoms with van der Waals surface area (Å²) in [7, 11) is 0. The van der Waals surface area contributed by atoms with Gasteiger partial charge in [-0.2, -0.15) is 4.57 Å². The maximum absolute atomic E-state index is 2.38. The van der Waals surface area contributed by atoms with Crippen LogP contribution in [0, 0.1) is 0 Å². The number of para-hydroxylation sites is 1. The van der Waals surface area contributed by atoms with Crippen molar-refractivity contribution >= 4 is 73.7 Å². The Hall–Kier alpha value is -7.81. The van der Waals surface area contributed by atoms with E-state index in [1.165, 1.54) is 60.1 Å². The molecule has 1 unspecified atom stereocenters. The van der Waals surface area contributed by atoms with Crippen LogP contribution in [0.4, 0.5) is 17.1 Å². The third-order valence-corrected chi connectivity index (χ3v) is 11.4. The SMILES string of the molecule is C(=C\c1ccc(C(c2ccccc2)[n+]2ccc3c4ccc(N(c5ccccc5)c5ccc(/C=C/c6ccccc6)cc5)cc4c4ccccc4c3c2)cc1)/c1ccccc1. The van der Waals surface area contributed by atoms with E-state index in [2.05, 4.69) is 258 Å². The minimum absolute atomic E-state index is 0.000707. The van der Waals surface area contributed by atoms with E-state index in [1.54, 1.807) is 0 Å². The second-order valence-electron chi connectivity index (χ2n) is 15.2. The molecule has 284 valence electrons. The van der Waals surface area contributed by atoms with E-state index in [0.717, 1.165) is 22.6 Å². The zero-order valence-electron chi connectivity index (χ0n) is 33.2. The van der Waals surface area contributed by atoms with Gasteiger partial charge in [-0.3, -0.25) is 0 Å². The standard InChI is InChI=1S/C58H43N2/c1-5-15-43(16-6-1)25-27-45-29-33-48(34-30-45)58(47-19-9-3-10-20-47)59-40-39-55-54-38-37-51(41-56(54)52-23-13-14-24-53(52)57(55)42-59)60(49-21-11-4-12-22-49)50-35-31-46(32-36-50)28-26-44-17-7-2-8-18-44/h1-42,58H/q+1/b27-25+,28-26+. The van der Waals surface area contributed by atoms with E-state index < -0.39 is 0 Å². The Morgan fingerprint density at radius 1 is 0.317 bits per heavy atom. The van der Waals surface area contributed by atoms with Crippen molar-refractivity contribution in [1.29, 1.82) is 0 Å². The summed E-state index contributed by atoms with van der Waals surface area (Å²) >= 11 is 0. The molecule has 60 heavy (non-hydrogen) atoms. The van der Waals surface area contributed by atoms with Crippen molar-refractivity contribution in [3.63, 3.8) is 0 Å². The van der Waals surface area contributed by atoms with Gasteiger partial charge in [-0.1, -0.05) is 200 Å². The molecule has 0 aliphatic rings. The quantitative estimate of drug-likeness (QED) is 0.0764. The van der Waals surface area contributed by atoms with E-state index in [0.29, 0.717) is 0 Å². The van der Waals surface area contributed by atoms with Gasteiger partial charge < -0.3 is 4.90 Å². The molecule has 0 bridgehead atoms. The number of pyridine rings is 1. The Kier molecular flexibility index (Phi) is 10.1. The number of fused-ring (bicyclic) bond motifs is 6. The number of aromatic nitrogens is 1. The average molecular weight is 768 g/mol. The lowest BCUT2D eigenvalue weighted by atomic mass is 9.93. The molecule has 0 radical (unpaired) electrons. The maximum Gasteiger partial charge on any atom is 0.208 e. The highest BCUT2D eigenvalue weighted by Gasteiger charge is 2.25. The fraction of sp³-hybridized carbons (Fsp3) is 0.0172. The molecule has 0 aliphatic heterocycles. The van der Waals surface area contributed by atoms with E-state index in [4.69, 9.17) is 0 Å². The topological polar surface area (TPSA) is 7.12 Å². The minimum atomic E-state index is -0.000707. The lowest BCUT2D eigenvalue weighted by Crippen LogP contribution is -2.40. The van der Waals surface area contributed by atoms with Gasteiger partial charge in [-0.15, -0.1) is 0 Å². The summed E-state index contributed by atoms with van der Waals surface area (Å²) in [6.45, 7) is 0. The molecule has 10 rings (SSSR count). The predicted molar refractivity (Wildman–Crippen MR) is 255 cm³/mol. The number of anilines is 3. The highest BCUT2D eigenvalue weighted by molar-refractivity contribution is 6.25. The van der Waals surface area contributed by atoms with Crippen molar-refractivity contribution in [2.24, 2.45) is 0 Å². The van der Waals surface area contributed by atoms with Gasteiger partial charge in [0.15, 0.2) is 12.4 Å². The fourth-order valence-electron chi connectivity index (χ4n) is 8.44. The normalized spacial score (nSPS) is 12.1. The fourth-order valence-corrected chi connectivity index (χ4v) is 8.44. The first-order chi connectivity index (χ1) is 29.7. The molecule has 0 spiro atoms. The third-order valence-electron chi connectivity index (χ3n) is 11.4. The van der Waals surface area contributed by atoms with Crippen LogP contribution < -0.4 is 9.47 Å². The van der Waals surface area contributed by atoms with Crippen molar-refractivity contribution in [3.8, 4) is 0 Å². The average Bonchev–Trinajstić information content (AvgIpc) is 3.32. The molecule has 0 saturated carbocycles. The van der Waals surface area contributed by atoms with Crippen molar-refractivity contribution in [3.05, 3.63) is 264 Å². The molecule has 0 amide bonds. The van der Waals surface area contributed by atoms with Crippen LogP contribution >= 0.6 is 0 Å². The zero-order chi connectivity index (χ0) is 40.1. The van der Waals surface area contributed by atoms with Crippen LogP contribution in [0.2, 0.25) is 0 Å². The van der Waals surface area contributed by atoms with Crippen LogP contribution in [-0.4, -0.2) is 0 Å². The van der Waals surface area contributed by atoms with Gasteiger partial charge in [-0.25, -0.2) is 0 Å². The first-order valence-electron chi connectivity index (χ1n) is 20.6. The summed E-state index contributed by atoms with van der Waals surface area (Å²) in [5, 5.41) is 7.41. The van der Waals surface area contributed by atoms with Gasteiger partial charge in [-0.05, 0) is 80.2 Å². The Balaban J connectivity index is 1.05. The van der Waals surface area contributed by atoms with Crippen molar-refractivity contribution in [1.82, 2.24) is 0 Å². The molecule has 0 N–H and O–H groups in total. The number of hydrogen-bond acceptors (Lipinski definition) is 1. The van der Waals surface area contributed by atoms with Crippen LogP contribution in [0.5, 0.6) is 0 Å². The zero-order valence-corrected chi connectivity index (χ0v) is 33.2. The number of nitrogens with zero attached hydrogens (tertiary/aromatic N) is 2. The van der Waals surface area contributed by atoms with Gasteiger partial charge in [0.05, 0.1) is 5.39 Å². The molecule has 1 aromatic heterocycles. The van der Waals surface area contributed by atoms with E-state index in [-0.39, 0.29) is 6.04 Å². The molecule has 2 heteroatoms. The van der Waals surface area contributed by atoms with E-state index >= 15 is 0 Å². The molecule has 0 fully saturated rings. The molecule has 0 aliphatic carbocycles. The van der Waals surface area contributed by atoms with Gasteiger partial charge in [0.1, 0.15) is 0 Å². The van der Waals surface area contributed by atoms with Crippen molar-refractivity contribution in [2.45, 2.75) is 6.04 Å². The molecule has 1 atom stereocenters. The Morgan fingerprint density at radius 3 is 1.33 bits per heavy atom. The summed E-state index contributed by atoms with van der Waals surface area (Å²) in [4.78, 5) is 2.36. The van der Waals surface area contributed by atoms with Gasteiger partial charge in [0.2, 0.25) is 6.04 Å². The molecular weight excluding hydrogens is 725 g/mol. The highest BCUT2D eigenvalue weighted by Crippen LogP contribution is 2.41. The number of rotatable bonds is 10. The summed E-state index contributed by atoms with van der Waals surface area (Å²) in [5.41, 5.74) is 10.5. The van der Waals surface area contributed by atoms with Crippen LogP contribution in [-0.2, 0) is 0 Å². The van der Waals surface area contributed by atoms with Crippen molar-refractivity contribution in [2.75, 3.05) is 4.90 Å². The first-order valence-corrected chi connectivity index (χ1v) is 20.6. The Labute approximate surface area is 351 Å². The molecule has 1 heterocycles. The number of benzene rings is 9. The van der Waals surface area contributed by atoms with Gasteiger partial charge in [0, 0.05) is 39.6 Å². The second-order valence-corrected chi connectivity index (χ2v) is 15.2. The molecule has 9 aromatic carbocycles. The minimum Gasteiger partial charge on any atom is -0.310 e. The Morgan fingerprint density at radius 2 is 0.733 bits per heavy atom. The molecule has 10 aromatic rings. The molecule has 0 saturated heterocycles. The van der Waals surface area contributed by atoms with E-state index in [1.807, 2.05) is 6.07 Å². The lowest BCUT2D eigenvalue weighted by molar-refractivity contribution is -0.703. The second kappa shape index (κ2) is 16.6. The van der Waals surface area contributed by atoms with Crippen LogP contribution in [0.15, 0.2) is 231 Å². The summed E-state index contributed by atoms with van der Waals surface area (Å²) < 4.78 is 2.38. The Bertz CT molecular complexity index is 2860. The maximum atomic E-state index is 2.38. The van der Waals surface area contributed by atoms with Gasteiger partial charge in [0.25, 0.3) is 0 Å². The van der Waals surface area contributed by atoms with Gasteiger partial charge >= 0.3 is 0 Å². The lowest BCUT2D eigenvalue weighted by Gasteiger charge is -2.26. The third kappa shape index (κ3) is 7.51. The number of hydrogen-bond donors (Lipinski definition) is 0. The highest BCUT2D eigenvalue weighted by atomic mass is 15.1. The molecular formula is C58H43N2+. The smallest absolute Gasteiger partial charge is 0.208 e. The van der Waals surface area contributed by atoms with Crippen LogP contribution in [0.25, 0.3) is 56.6 Å². The summed E-state index contributed by atoms with van der Waals surface area (Å²) in [5.74, 6) is 0. The molecule has 2 nitrogen and oxygen atoms in total. The summed E-state index contributed by atoms with van der Waals surface area (Å²) in [6.07, 6.45) is 13.3. The largest absolute Gasteiger partial charge is 0.310 e.